The van der Waals surface area contributed by atoms with E-state index in [0.29, 0.717) is 6.54 Å². The maximum atomic E-state index is 4.62. The Morgan fingerprint density at radius 3 is 3.05 bits per heavy atom. The molecule has 5 nitrogen and oxygen atoms in total. The Morgan fingerprint density at radius 1 is 1.32 bits per heavy atom. The van der Waals surface area contributed by atoms with Gasteiger partial charge in [-0.05, 0) is 18.5 Å². The lowest BCUT2D eigenvalue weighted by molar-refractivity contribution is 0.640. The molecule has 7 heteroatoms. The van der Waals surface area contributed by atoms with Crippen molar-refractivity contribution in [2.75, 3.05) is 7.05 Å². The van der Waals surface area contributed by atoms with Gasteiger partial charge < -0.3 is 5.32 Å². The van der Waals surface area contributed by atoms with E-state index in [1.165, 1.54) is 5.56 Å². The lowest BCUT2D eigenvalue weighted by atomic mass is 10.3. The zero-order chi connectivity index (χ0) is 13.1. The molecule has 3 rings (SSSR count). The molecule has 0 atom stereocenters. The Kier molecular flexibility index (Phi) is 3.67. The van der Waals surface area contributed by atoms with Gasteiger partial charge in [0.2, 0.25) is 0 Å². The Balaban J connectivity index is 1.72. The van der Waals surface area contributed by atoms with Crippen molar-refractivity contribution in [3.63, 3.8) is 0 Å². The predicted octanol–water partition coefficient (Wildman–Crippen LogP) is 2.23. The average molecular weight is 291 g/mol. The smallest absolute Gasteiger partial charge is 0.124 e. The Bertz CT molecular complexity index is 641. The van der Waals surface area contributed by atoms with Crippen LogP contribution < -0.4 is 5.32 Å². The summed E-state index contributed by atoms with van der Waals surface area (Å²) in [4.78, 5) is 4.62. The van der Waals surface area contributed by atoms with Gasteiger partial charge in [-0.1, -0.05) is 5.21 Å². The van der Waals surface area contributed by atoms with Crippen LogP contribution in [0, 0.1) is 0 Å². The van der Waals surface area contributed by atoms with Gasteiger partial charge in [-0.2, -0.15) is 11.3 Å². The van der Waals surface area contributed by atoms with Gasteiger partial charge in [0.1, 0.15) is 5.01 Å². The van der Waals surface area contributed by atoms with Crippen molar-refractivity contribution in [2.45, 2.75) is 13.1 Å². The largest absolute Gasteiger partial charge is 0.314 e. The van der Waals surface area contributed by atoms with Crippen LogP contribution >= 0.6 is 22.7 Å². The molecule has 0 fully saturated rings. The summed E-state index contributed by atoms with van der Waals surface area (Å²) >= 11 is 3.35. The van der Waals surface area contributed by atoms with Crippen LogP contribution in [-0.4, -0.2) is 27.0 Å². The van der Waals surface area contributed by atoms with Gasteiger partial charge in [0.05, 0.1) is 24.1 Å². The van der Waals surface area contributed by atoms with Crippen LogP contribution in [0.1, 0.15) is 11.4 Å². The highest BCUT2D eigenvalue weighted by molar-refractivity contribution is 7.14. The lowest BCUT2D eigenvalue weighted by Crippen LogP contribution is -2.05. The van der Waals surface area contributed by atoms with E-state index < -0.39 is 0 Å². The average Bonchev–Trinajstić information content (AvgIpc) is 3.10. The lowest BCUT2D eigenvalue weighted by Gasteiger charge is -1.95. The third kappa shape index (κ3) is 2.89. The van der Waals surface area contributed by atoms with Gasteiger partial charge in [0.25, 0.3) is 0 Å². The number of thiophene rings is 1. The first-order chi connectivity index (χ1) is 9.35. The van der Waals surface area contributed by atoms with Crippen LogP contribution in [0.2, 0.25) is 0 Å². The third-order valence-corrected chi connectivity index (χ3v) is 4.21. The summed E-state index contributed by atoms with van der Waals surface area (Å²) in [5.74, 6) is 0. The molecule has 0 saturated carbocycles. The van der Waals surface area contributed by atoms with Gasteiger partial charge in [-0.3, -0.25) is 0 Å². The normalized spacial score (nSPS) is 11.0. The number of rotatable bonds is 5. The second-order valence-electron chi connectivity index (χ2n) is 4.09. The van der Waals surface area contributed by atoms with Crippen molar-refractivity contribution in [1.29, 1.82) is 0 Å². The molecule has 0 radical (unpaired) electrons. The van der Waals surface area contributed by atoms with Crippen LogP contribution in [0.5, 0.6) is 0 Å². The van der Waals surface area contributed by atoms with Gasteiger partial charge in [0.15, 0.2) is 0 Å². The molecular weight excluding hydrogens is 278 g/mol. The van der Waals surface area contributed by atoms with Crippen LogP contribution in [0.25, 0.3) is 10.6 Å². The molecule has 1 N–H and O–H groups in total. The first kappa shape index (κ1) is 12.5. The number of aromatic nitrogens is 4. The monoisotopic (exact) mass is 291 g/mol. The quantitative estimate of drug-likeness (QED) is 0.783. The van der Waals surface area contributed by atoms with Gasteiger partial charge in [0, 0.05) is 22.9 Å². The summed E-state index contributed by atoms with van der Waals surface area (Å²) < 4.78 is 1.82. The Labute approximate surface area is 118 Å². The maximum Gasteiger partial charge on any atom is 0.124 e. The van der Waals surface area contributed by atoms with E-state index >= 15 is 0 Å². The van der Waals surface area contributed by atoms with E-state index in [0.717, 1.165) is 22.9 Å². The highest BCUT2D eigenvalue weighted by Gasteiger charge is 2.07. The molecule has 3 aromatic heterocycles. The van der Waals surface area contributed by atoms with Crippen molar-refractivity contribution in [2.24, 2.45) is 0 Å². The molecule has 19 heavy (non-hydrogen) atoms. The fourth-order valence-electron chi connectivity index (χ4n) is 1.74. The minimum absolute atomic E-state index is 0.664. The molecule has 0 amide bonds. The molecule has 0 aliphatic heterocycles. The number of hydrogen-bond donors (Lipinski definition) is 1. The highest BCUT2D eigenvalue weighted by atomic mass is 32.1. The first-order valence-electron chi connectivity index (χ1n) is 5.86. The van der Waals surface area contributed by atoms with Crippen molar-refractivity contribution < 1.29 is 0 Å². The van der Waals surface area contributed by atoms with Gasteiger partial charge in [-0.25, -0.2) is 9.67 Å². The van der Waals surface area contributed by atoms with E-state index in [4.69, 9.17) is 0 Å². The summed E-state index contributed by atoms with van der Waals surface area (Å²) in [7, 11) is 1.90. The zero-order valence-corrected chi connectivity index (χ0v) is 12.0. The van der Waals surface area contributed by atoms with Gasteiger partial charge >= 0.3 is 0 Å². The standard InChI is InChI=1S/C12H13N5S2/c1-13-4-10-5-17(16-15-10)6-11-8-19-12(14-11)9-2-3-18-7-9/h2-3,5,7-8,13H,4,6H2,1H3. The number of nitrogens with one attached hydrogen (secondary N) is 1. The topological polar surface area (TPSA) is 55.6 Å². The molecule has 0 aromatic carbocycles. The molecule has 98 valence electrons. The summed E-state index contributed by atoms with van der Waals surface area (Å²) in [5, 5.41) is 18.6. The second kappa shape index (κ2) is 5.60. The maximum absolute atomic E-state index is 4.62. The molecule has 0 spiro atoms. The van der Waals surface area contributed by atoms with E-state index in [1.54, 1.807) is 22.7 Å². The summed E-state index contributed by atoms with van der Waals surface area (Å²) in [6.07, 6.45) is 1.94. The van der Waals surface area contributed by atoms with Gasteiger partial charge in [-0.15, -0.1) is 16.4 Å². The molecule has 0 aliphatic rings. The highest BCUT2D eigenvalue weighted by Crippen LogP contribution is 2.25. The number of nitrogens with zero attached hydrogens (tertiary/aromatic N) is 4. The Hall–Kier alpha value is -1.57. The minimum atomic E-state index is 0.664. The number of thiazole rings is 1. The molecule has 0 aliphatic carbocycles. The van der Waals surface area contributed by atoms with Crippen molar-refractivity contribution >= 4 is 22.7 Å². The van der Waals surface area contributed by atoms with E-state index in [9.17, 15) is 0 Å². The molecule has 0 unspecified atom stereocenters. The fourth-order valence-corrected chi connectivity index (χ4v) is 3.27. The number of hydrogen-bond acceptors (Lipinski definition) is 6. The zero-order valence-electron chi connectivity index (χ0n) is 10.4. The van der Waals surface area contributed by atoms with E-state index in [1.807, 2.05) is 17.9 Å². The van der Waals surface area contributed by atoms with Crippen LogP contribution in [-0.2, 0) is 13.1 Å². The summed E-state index contributed by atoms with van der Waals surface area (Å²) in [6.45, 7) is 1.40. The third-order valence-electron chi connectivity index (χ3n) is 2.59. The summed E-state index contributed by atoms with van der Waals surface area (Å²) in [6, 6.07) is 2.09. The van der Waals surface area contributed by atoms with Crippen molar-refractivity contribution in [3.05, 3.63) is 39.8 Å². The summed E-state index contributed by atoms with van der Waals surface area (Å²) in [5.41, 5.74) is 3.15. The van der Waals surface area contributed by atoms with E-state index in [-0.39, 0.29) is 0 Å². The molecule has 3 aromatic rings. The minimum Gasteiger partial charge on any atom is -0.314 e. The molecule has 0 bridgehead atoms. The molecular formula is C12H13N5S2. The SMILES string of the molecule is CNCc1cn(Cc2csc(-c3ccsc3)n2)nn1. The first-order valence-corrected chi connectivity index (χ1v) is 7.68. The molecule has 0 saturated heterocycles. The Morgan fingerprint density at radius 2 is 2.26 bits per heavy atom. The fraction of sp³-hybridized carbons (Fsp3) is 0.250. The van der Waals surface area contributed by atoms with Crippen molar-refractivity contribution in [1.82, 2.24) is 25.3 Å². The van der Waals surface area contributed by atoms with Crippen molar-refractivity contribution in [3.8, 4) is 10.6 Å². The van der Waals surface area contributed by atoms with E-state index in [2.05, 4.69) is 42.8 Å². The van der Waals surface area contributed by atoms with Crippen LogP contribution in [0.3, 0.4) is 0 Å². The second-order valence-corrected chi connectivity index (χ2v) is 5.73. The predicted molar refractivity (Wildman–Crippen MR) is 77.3 cm³/mol. The van der Waals surface area contributed by atoms with Crippen LogP contribution in [0.4, 0.5) is 0 Å². The van der Waals surface area contributed by atoms with Crippen LogP contribution in [0.15, 0.2) is 28.4 Å². The molecule has 3 heterocycles.